The highest BCUT2D eigenvalue weighted by atomic mass is 32.1. The average Bonchev–Trinajstić information content (AvgIpc) is 3.20. The first-order valence-corrected chi connectivity index (χ1v) is 12.1. The molecule has 2 aliphatic rings. The van der Waals surface area contributed by atoms with Gasteiger partial charge in [-0.05, 0) is 72.5 Å². The Hall–Kier alpha value is -1.39. The van der Waals surface area contributed by atoms with Crippen molar-refractivity contribution in [2.24, 2.45) is 5.92 Å². The molecule has 0 atom stereocenters. The van der Waals surface area contributed by atoms with Crippen LogP contribution >= 0.6 is 11.3 Å². The van der Waals surface area contributed by atoms with Gasteiger partial charge in [0.15, 0.2) is 5.13 Å². The summed E-state index contributed by atoms with van der Waals surface area (Å²) >= 11 is 1.78. The molecule has 0 bridgehead atoms. The molecule has 1 N–H and O–H groups in total. The quantitative estimate of drug-likeness (QED) is 0.640. The average molecular weight is 413 g/mol. The van der Waals surface area contributed by atoms with E-state index in [9.17, 15) is 0 Å². The maximum Gasteiger partial charge on any atom is 0.185 e. The van der Waals surface area contributed by atoms with Crippen LogP contribution in [0.2, 0.25) is 0 Å². The Morgan fingerprint density at radius 2 is 1.76 bits per heavy atom. The third-order valence-corrected chi connectivity index (χ3v) is 8.20. The molecule has 0 saturated carbocycles. The summed E-state index contributed by atoms with van der Waals surface area (Å²) in [6, 6.07) is 7.05. The lowest BCUT2D eigenvalue weighted by molar-refractivity contribution is 0.261. The monoisotopic (exact) mass is 412 g/mol. The zero-order valence-corrected chi connectivity index (χ0v) is 19.3. The highest BCUT2D eigenvalue weighted by Crippen LogP contribution is 2.47. The summed E-state index contributed by atoms with van der Waals surface area (Å²) in [4.78, 5) is 7.48. The number of nitrogens with zero attached hydrogens (tertiary/aromatic N) is 2. The molecule has 29 heavy (non-hydrogen) atoms. The van der Waals surface area contributed by atoms with Gasteiger partial charge in [-0.15, -0.1) is 11.3 Å². The Morgan fingerprint density at radius 3 is 2.45 bits per heavy atom. The number of hydrogen-bond donors (Lipinski definition) is 1. The first-order chi connectivity index (χ1) is 13.8. The first-order valence-electron chi connectivity index (χ1n) is 11.3. The second kappa shape index (κ2) is 8.03. The van der Waals surface area contributed by atoms with Crippen LogP contribution in [-0.4, -0.2) is 29.8 Å². The van der Waals surface area contributed by atoms with Crippen molar-refractivity contribution in [3.63, 3.8) is 0 Å². The predicted octanol–water partition coefficient (Wildman–Crippen LogP) is 6.15. The number of aliphatic hydroxyl groups excluding tert-OH is 1. The number of aromatic nitrogens is 1. The van der Waals surface area contributed by atoms with Crippen LogP contribution in [0.25, 0.3) is 11.3 Å². The number of benzene rings is 1. The van der Waals surface area contributed by atoms with E-state index < -0.39 is 0 Å². The molecule has 1 aromatic heterocycles. The van der Waals surface area contributed by atoms with E-state index in [1.807, 2.05) is 0 Å². The van der Waals surface area contributed by atoms with Crippen molar-refractivity contribution in [2.75, 3.05) is 24.6 Å². The van der Waals surface area contributed by atoms with Crippen molar-refractivity contribution in [2.45, 2.75) is 77.0 Å². The summed E-state index contributed by atoms with van der Waals surface area (Å²) in [5.41, 5.74) is 5.89. The Kier molecular flexibility index (Phi) is 5.78. The van der Waals surface area contributed by atoms with Gasteiger partial charge < -0.3 is 10.0 Å². The van der Waals surface area contributed by atoms with Gasteiger partial charge in [0, 0.05) is 30.6 Å². The molecule has 2 heterocycles. The van der Waals surface area contributed by atoms with Crippen LogP contribution in [0.4, 0.5) is 5.13 Å². The molecule has 1 aromatic carbocycles. The number of aliphatic hydroxyl groups is 1. The highest BCUT2D eigenvalue weighted by Gasteiger charge is 2.37. The van der Waals surface area contributed by atoms with Crippen LogP contribution in [0.1, 0.15) is 77.3 Å². The van der Waals surface area contributed by atoms with Crippen molar-refractivity contribution >= 4 is 16.5 Å². The largest absolute Gasteiger partial charge is 0.396 e. The van der Waals surface area contributed by atoms with E-state index >= 15 is 0 Å². The van der Waals surface area contributed by atoms with Crippen LogP contribution in [0, 0.1) is 5.92 Å². The Labute approximate surface area is 180 Å². The minimum absolute atomic E-state index is 0.232. The summed E-state index contributed by atoms with van der Waals surface area (Å²) in [6.07, 6.45) is 7.03. The standard InChI is InChI=1S/C25H36N2OS/c1-24(2)11-12-25(3,4)21-16-19(7-8-20(21)24)22-17-29-23(26-22)27-13-9-18(10-14-27)6-5-15-28/h7-8,16-18,28H,5-6,9-15H2,1-4H3. The van der Waals surface area contributed by atoms with Crippen LogP contribution in [-0.2, 0) is 10.8 Å². The van der Waals surface area contributed by atoms with Gasteiger partial charge >= 0.3 is 0 Å². The molecule has 0 radical (unpaired) electrons. The van der Waals surface area contributed by atoms with Gasteiger partial charge in [0.25, 0.3) is 0 Å². The zero-order chi connectivity index (χ0) is 20.6. The molecule has 4 rings (SSSR count). The fourth-order valence-corrected chi connectivity index (χ4v) is 5.97. The van der Waals surface area contributed by atoms with Crippen LogP contribution in [0.15, 0.2) is 23.6 Å². The third kappa shape index (κ3) is 4.25. The number of hydrogen-bond acceptors (Lipinski definition) is 4. The first kappa shape index (κ1) is 20.9. The van der Waals surface area contributed by atoms with E-state index in [1.165, 1.54) is 42.4 Å². The maximum atomic E-state index is 9.05. The normalized spacial score (nSPS) is 21.2. The van der Waals surface area contributed by atoms with Crippen molar-refractivity contribution in [1.82, 2.24) is 4.98 Å². The lowest BCUT2D eigenvalue weighted by atomic mass is 9.63. The Morgan fingerprint density at radius 1 is 1.07 bits per heavy atom. The second-order valence-electron chi connectivity index (χ2n) is 10.3. The number of rotatable bonds is 5. The zero-order valence-electron chi connectivity index (χ0n) is 18.5. The van der Waals surface area contributed by atoms with Gasteiger partial charge in [-0.2, -0.15) is 0 Å². The van der Waals surface area contributed by atoms with E-state index in [4.69, 9.17) is 10.1 Å². The summed E-state index contributed by atoms with van der Waals surface area (Å²) in [5.74, 6) is 0.768. The van der Waals surface area contributed by atoms with Crippen molar-refractivity contribution in [1.29, 1.82) is 0 Å². The number of fused-ring (bicyclic) bond motifs is 1. The number of thiazole rings is 1. The van der Waals surface area contributed by atoms with Gasteiger partial charge in [0.1, 0.15) is 0 Å². The molecule has 1 aliphatic heterocycles. The van der Waals surface area contributed by atoms with Gasteiger partial charge in [-0.3, -0.25) is 0 Å². The predicted molar refractivity (Wildman–Crippen MR) is 124 cm³/mol. The van der Waals surface area contributed by atoms with Gasteiger partial charge in [-0.1, -0.05) is 39.8 Å². The molecule has 3 nitrogen and oxygen atoms in total. The minimum Gasteiger partial charge on any atom is -0.396 e. The van der Waals surface area contributed by atoms with E-state index in [2.05, 4.69) is 56.2 Å². The summed E-state index contributed by atoms with van der Waals surface area (Å²) in [7, 11) is 0. The molecule has 158 valence electrons. The lowest BCUT2D eigenvalue weighted by Gasteiger charge is -2.42. The van der Waals surface area contributed by atoms with E-state index in [0.717, 1.165) is 42.7 Å². The minimum atomic E-state index is 0.232. The van der Waals surface area contributed by atoms with Crippen molar-refractivity contribution in [3.05, 3.63) is 34.7 Å². The van der Waals surface area contributed by atoms with Crippen molar-refractivity contribution in [3.8, 4) is 11.3 Å². The molecule has 1 saturated heterocycles. The van der Waals surface area contributed by atoms with E-state index in [1.54, 1.807) is 11.3 Å². The summed E-state index contributed by atoms with van der Waals surface area (Å²) in [5, 5.41) is 12.5. The lowest BCUT2D eigenvalue weighted by Crippen LogP contribution is -2.33. The number of piperidine rings is 1. The molecule has 1 aliphatic carbocycles. The molecule has 4 heteroatoms. The summed E-state index contributed by atoms with van der Waals surface area (Å²) < 4.78 is 0. The SMILES string of the molecule is CC1(C)CCC(C)(C)c2cc(-c3csc(N4CCC(CCCO)CC4)n3)ccc21. The Balaban J connectivity index is 1.52. The van der Waals surface area contributed by atoms with Gasteiger partial charge in [0.05, 0.1) is 5.69 Å². The van der Waals surface area contributed by atoms with E-state index in [-0.39, 0.29) is 10.8 Å². The smallest absolute Gasteiger partial charge is 0.185 e. The van der Waals surface area contributed by atoms with Crippen molar-refractivity contribution < 1.29 is 5.11 Å². The molecular formula is C25H36N2OS. The van der Waals surface area contributed by atoms with Crippen LogP contribution in [0.5, 0.6) is 0 Å². The Bertz CT molecular complexity index is 846. The fraction of sp³-hybridized carbons (Fsp3) is 0.640. The second-order valence-corrected chi connectivity index (χ2v) is 11.2. The molecular weight excluding hydrogens is 376 g/mol. The van der Waals surface area contributed by atoms with Gasteiger partial charge in [0.2, 0.25) is 0 Å². The fourth-order valence-electron chi connectivity index (χ4n) is 5.08. The molecule has 1 fully saturated rings. The molecule has 0 unspecified atom stereocenters. The summed E-state index contributed by atoms with van der Waals surface area (Å²) in [6.45, 7) is 12.0. The maximum absolute atomic E-state index is 9.05. The molecule has 0 amide bonds. The molecule has 2 aromatic rings. The van der Waals surface area contributed by atoms with Crippen LogP contribution < -0.4 is 4.90 Å². The number of anilines is 1. The van der Waals surface area contributed by atoms with Gasteiger partial charge in [-0.25, -0.2) is 4.98 Å². The van der Waals surface area contributed by atoms with E-state index in [0.29, 0.717) is 6.61 Å². The topological polar surface area (TPSA) is 36.4 Å². The third-order valence-electron chi connectivity index (χ3n) is 7.30. The van der Waals surface area contributed by atoms with Crippen LogP contribution in [0.3, 0.4) is 0 Å². The highest BCUT2D eigenvalue weighted by molar-refractivity contribution is 7.14. The molecule has 0 spiro atoms.